The average Bonchev–Trinajstić information content (AvgIpc) is 2.94. The molecule has 3 rings (SSSR count). The van der Waals surface area contributed by atoms with Crippen LogP contribution in [0.25, 0.3) is 0 Å². The van der Waals surface area contributed by atoms with Gasteiger partial charge < -0.3 is 15.1 Å². The normalized spacial score (nSPS) is 21.2. The Morgan fingerprint density at radius 2 is 2.25 bits per heavy atom. The number of thioether (sulfide) groups is 1. The maximum atomic E-state index is 12.2. The molecule has 1 amide bonds. The molecule has 130 valence electrons. The highest BCUT2D eigenvalue weighted by atomic mass is 32.2. The zero-order valence-corrected chi connectivity index (χ0v) is 15.3. The van der Waals surface area contributed by atoms with E-state index in [9.17, 15) is 4.79 Å². The molecule has 2 aliphatic heterocycles. The highest BCUT2D eigenvalue weighted by Crippen LogP contribution is 2.27. The first-order chi connectivity index (χ1) is 11.7. The lowest BCUT2D eigenvalue weighted by molar-refractivity contribution is -0.117. The summed E-state index contributed by atoms with van der Waals surface area (Å²) in [5, 5.41) is 4.12. The third-order valence-corrected chi connectivity index (χ3v) is 6.02. The lowest BCUT2D eigenvalue weighted by atomic mass is 10.2. The number of aliphatic imine (C=N–C) groups is 1. The predicted molar refractivity (Wildman–Crippen MR) is 102 cm³/mol. The summed E-state index contributed by atoms with van der Waals surface area (Å²) in [4.78, 5) is 20.9. The van der Waals surface area contributed by atoms with E-state index in [1.165, 1.54) is 6.42 Å². The lowest BCUT2D eigenvalue weighted by Gasteiger charge is -2.34. The minimum Gasteiger partial charge on any atom is -0.354 e. The van der Waals surface area contributed by atoms with Crippen LogP contribution in [0, 0.1) is 0 Å². The summed E-state index contributed by atoms with van der Waals surface area (Å²) in [6, 6.07) is 8.06. The number of fused-ring (bicyclic) bond motifs is 1. The quantitative estimate of drug-likeness (QED) is 0.669. The molecule has 1 aromatic carbocycles. The number of carbonyl (C=O) groups excluding carboxylic acids is 1. The van der Waals surface area contributed by atoms with Crippen molar-refractivity contribution in [3.63, 3.8) is 0 Å². The van der Waals surface area contributed by atoms with Crippen LogP contribution in [0.4, 0.5) is 5.69 Å². The topological polar surface area (TPSA) is 47.9 Å². The molecule has 1 aromatic rings. The summed E-state index contributed by atoms with van der Waals surface area (Å²) in [7, 11) is 1.83. The summed E-state index contributed by atoms with van der Waals surface area (Å²) in [5.74, 6) is 2.29. The molecule has 2 heterocycles. The third kappa shape index (κ3) is 3.69. The molecule has 0 aliphatic carbocycles. The maximum Gasteiger partial charge on any atom is 0.231 e. The standard InChI is InChI=1S/C18H26N4OS/c1-3-15-13-21(10-11-24-15)18(19-2)20-8-9-22-16-7-5-4-6-14(16)12-17(22)23/h4-7,15H,3,8-13H2,1-2H3,(H,19,20). The summed E-state index contributed by atoms with van der Waals surface area (Å²) < 4.78 is 0. The fourth-order valence-corrected chi connectivity index (χ4v) is 4.51. The number of benzene rings is 1. The number of amides is 1. The van der Waals surface area contributed by atoms with Crippen molar-refractivity contribution in [2.45, 2.75) is 25.0 Å². The van der Waals surface area contributed by atoms with Gasteiger partial charge in [0.2, 0.25) is 5.91 Å². The van der Waals surface area contributed by atoms with E-state index in [0.29, 0.717) is 24.8 Å². The molecule has 5 nitrogen and oxygen atoms in total. The van der Waals surface area contributed by atoms with Crippen molar-refractivity contribution in [2.24, 2.45) is 4.99 Å². The second-order valence-corrected chi connectivity index (χ2v) is 7.58. The third-order valence-electron chi connectivity index (χ3n) is 4.65. The molecule has 1 saturated heterocycles. The molecule has 24 heavy (non-hydrogen) atoms. The highest BCUT2D eigenvalue weighted by molar-refractivity contribution is 8.00. The summed E-state index contributed by atoms with van der Waals surface area (Å²) in [5.41, 5.74) is 2.19. The van der Waals surface area contributed by atoms with Gasteiger partial charge in [0.1, 0.15) is 0 Å². The van der Waals surface area contributed by atoms with Gasteiger partial charge in [-0.05, 0) is 18.1 Å². The van der Waals surface area contributed by atoms with E-state index in [1.54, 1.807) is 0 Å². The monoisotopic (exact) mass is 346 g/mol. The fraction of sp³-hybridized carbons (Fsp3) is 0.556. The minimum atomic E-state index is 0.188. The smallest absolute Gasteiger partial charge is 0.231 e. The van der Waals surface area contributed by atoms with Crippen molar-refractivity contribution in [2.75, 3.05) is 43.9 Å². The van der Waals surface area contributed by atoms with Crippen molar-refractivity contribution in [3.8, 4) is 0 Å². The molecule has 1 fully saturated rings. The SMILES string of the molecule is CCC1CN(C(=NC)NCCN2C(=O)Cc3ccccc32)CCS1. The van der Waals surface area contributed by atoms with Crippen LogP contribution in [-0.2, 0) is 11.2 Å². The van der Waals surface area contributed by atoms with Crippen LogP contribution < -0.4 is 10.2 Å². The first-order valence-electron chi connectivity index (χ1n) is 8.68. The maximum absolute atomic E-state index is 12.2. The number of anilines is 1. The van der Waals surface area contributed by atoms with Crippen molar-refractivity contribution in [1.82, 2.24) is 10.2 Å². The van der Waals surface area contributed by atoms with Crippen molar-refractivity contribution in [3.05, 3.63) is 29.8 Å². The van der Waals surface area contributed by atoms with Gasteiger partial charge in [-0.25, -0.2) is 0 Å². The van der Waals surface area contributed by atoms with Gasteiger partial charge in [0, 0.05) is 49.9 Å². The Morgan fingerprint density at radius 1 is 1.42 bits per heavy atom. The van der Waals surface area contributed by atoms with E-state index in [0.717, 1.165) is 36.1 Å². The van der Waals surface area contributed by atoms with Crippen LogP contribution in [0.2, 0.25) is 0 Å². The average molecular weight is 347 g/mol. The molecular weight excluding hydrogens is 320 g/mol. The van der Waals surface area contributed by atoms with Gasteiger partial charge in [-0.1, -0.05) is 25.1 Å². The van der Waals surface area contributed by atoms with E-state index < -0.39 is 0 Å². The number of rotatable bonds is 4. The Labute approximate surface area is 148 Å². The minimum absolute atomic E-state index is 0.188. The zero-order valence-electron chi connectivity index (χ0n) is 14.5. The molecule has 0 bridgehead atoms. The predicted octanol–water partition coefficient (Wildman–Crippen LogP) is 1.98. The second kappa shape index (κ2) is 7.92. The van der Waals surface area contributed by atoms with Crippen LogP contribution in [0.1, 0.15) is 18.9 Å². The number of guanidine groups is 1. The summed E-state index contributed by atoms with van der Waals surface area (Å²) in [6.07, 6.45) is 1.71. The zero-order chi connectivity index (χ0) is 16.9. The molecule has 1 N–H and O–H groups in total. The molecule has 0 aromatic heterocycles. The van der Waals surface area contributed by atoms with Crippen LogP contribution in [-0.4, -0.2) is 61.0 Å². The second-order valence-electron chi connectivity index (χ2n) is 6.17. The summed E-state index contributed by atoms with van der Waals surface area (Å²) in [6.45, 7) is 5.72. The molecule has 1 atom stereocenters. The van der Waals surface area contributed by atoms with Crippen LogP contribution in [0.15, 0.2) is 29.3 Å². The van der Waals surface area contributed by atoms with E-state index >= 15 is 0 Å². The Balaban J connectivity index is 1.55. The van der Waals surface area contributed by atoms with Gasteiger partial charge in [0.15, 0.2) is 5.96 Å². The Bertz CT molecular complexity index is 619. The number of nitrogens with zero attached hydrogens (tertiary/aromatic N) is 3. The van der Waals surface area contributed by atoms with Gasteiger partial charge in [0.05, 0.1) is 6.42 Å². The first-order valence-corrected chi connectivity index (χ1v) is 9.73. The fourth-order valence-electron chi connectivity index (χ4n) is 3.33. The Hall–Kier alpha value is -1.69. The Kier molecular flexibility index (Phi) is 5.66. The van der Waals surface area contributed by atoms with E-state index in [2.05, 4.69) is 33.9 Å². The van der Waals surface area contributed by atoms with Crippen LogP contribution in [0.5, 0.6) is 0 Å². The number of hydrogen-bond donors (Lipinski definition) is 1. The highest BCUT2D eigenvalue weighted by Gasteiger charge is 2.26. The largest absolute Gasteiger partial charge is 0.354 e. The number of nitrogens with one attached hydrogen (secondary N) is 1. The van der Waals surface area contributed by atoms with Gasteiger partial charge in [-0.3, -0.25) is 9.79 Å². The van der Waals surface area contributed by atoms with Gasteiger partial charge >= 0.3 is 0 Å². The number of carbonyl (C=O) groups is 1. The van der Waals surface area contributed by atoms with Crippen molar-refractivity contribution in [1.29, 1.82) is 0 Å². The summed E-state index contributed by atoms with van der Waals surface area (Å²) >= 11 is 2.05. The number of para-hydroxylation sites is 1. The molecule has 0 saturated carbocycles. The number of hydrogen-bond acceptors (Lipinski definition) is 3. The van der Waals surface area contributed by atoms with Crippen molar-refractivity contribution >= 4 is 29.3 Å². The molecular formula is C18H26N4OS. The van der Waals surface area contributed by atoms with Crippen LogP contribution >= 0.6 is 11.8 Å². The van der Waals surface area contributed by atoms with E-state index in [-0.39, 0.29) is 5.91 Å². The first kappa shape index (κ1) is 17.1. The Morgan fingerprint density at radius 3 is 3.04 bits per heavy atom. The van der Waals surface area contributed by atoms with E-state index in [4.69, 9.17) is 0 Å². The van der Waals surface area contributed by atoms with Gasteiger partial charge in [0.25, 0.3) is 0 Å². The molecule has 0 spiro atoms. The molecule has 1 unspecified atom stereocenters. The molecule has 0 radical (unpaired) electrons. The van der Waals surface area contributed by atoms with Gasteiger partial charge in [-0.2, -0.15) is 11.8 Å². The molecule has 6 heteroatoms. The van der Waals surface area contributed by atoms with Crippen LogP contribution in [0.3, 0.4) is 0 Å². The molecule has 2 aliphatic rings. The van der Waals surface area contributed by atoms with E-state index in [1.807, 2.05) is 36.2 Å². The lowest BCUT2D eigenvalue weighted by Crippen LogP contribution is -2.49. The van der Waals surface area contributed by atoms with Gasteiger partial charge in [-0.15, -0.1) is 0 Å². The van der Waals surface area contributed by atoms with Crippen molar-refractivity contribution < 1.29 is 4.79 Å².